The molecule has 1 saturated heterocycles. The minimum absolute atomic E-state index is 0.0180. The number of anilines is 1. The zero-order valence-electron chi connectivity index (χ0n) is 13.6. The number of halogens is 1. The number of aromatic nitrogens is 4. The van der Waals surface area contributed by atoms with Crippen LogP contribution >= 0.6 is 11.6 Å². The summed E-state index contributed by atoms with van der Waals surface area (Å²) < 4.78 is 10.9. The summed E-state index contributed by atoms with van der Waals surface area (Å²) in [5, 5.41) is 14.5. The molecule has 0 aromatic carbocycles. The van der Waals surface area contributed by atoms with Crippen LogP contribution in [0.25, 0.3) is 0 Å². The topological polar surface area (TPSA) is 97.4 Å². The third-order valence-electron chi connectivity index (χ3n) is 4.00. The molecule has 2 aromatic rings. The van der Waals surface area contributed by atoms with E-state index in [2.05, 4.69) is 20.1 Å². The number of aliphatic hydroxyl groups is 1. The smallest absolute Gasteiger partial charge is 0.324 e. The van der Waals surface area contributed by atoms with E-state index in [9.17, 15) is 5.11 Å². The zero-order chi connectivity index (χ0) is 17.1. The Morgan fingerprint density at radius 3 is 2.79 bits per heavy atom. The first-order valence-electron chi connectivity index (χ1n) is 7.90. The lowest BCUT2D eigenvalue weighted by Crippen LogP contribution is -2.46. The quantitative estimate of drug-likeness (QED) is 0.814. The van der Waals surface area contributed by atoms with Crippen molar-refractivity contribution in [1.82, 2.24) is 20.1 Å². The maximum absolute atomic E-state index is 10.4. The number of ether oxygens (including phenoxy) is 1. The first-order valence-corrected chi connectivity index (χ1v) is 8.27. The molecule has 24 heavy (non-hydrogen) atoms. The number of aliphatic hydroxyl groups excluding tert-OH is 1. The highest BCUT2D eigenvalue weighted by Crippen LogP contribution is 2.24. The Morgan fingerprint density at radius 2 is 2.17 bits per heavy atom. The molecular weight excluding hydrogens is 334 g/mol. The van der Waals surface area contributed by atoms with Gasteiger partial charge in [0, 0.05) is 24.9 Å². The van der Waals surface area contributed by atoms with Crippen LogP contribution in [-0.2, 0) is 0 Å². The van der Waals surface area contributed by atoms with E-state index in [1.54, 1.807) is 0 Å². The molecule has 2 atom stereocenters. The molecule has 1 N–H and O–H groups in total. The van der Waals surface area contributed by atoms with Crippen molar-refractivity contribution in [3.63, 3.8) is 0 Å². The minimum atomic E-state index is -0.540. The summed E-state index contributed by atoms with van der Waals surface area (Å²) in [5.74, 6) is 1.43. The molecule has 1 aliphatic rings. The van der Waals surface area contributed by atoms with E-state index in [0.29, 0.717) is 30.7 Å². The van der Waals surface area contributed by atoms with Crippen LogP contribution < -0.4 is 9.64 Å². The second-order valence-corrected chi connectivity index (χ2v) is 6.49. The summed E-state index contributed by atoms with van der Waals surface area (Å²) in [4.78, 5) is 14.0. The van der Waals surface area contributed by atoms with Crippen molar-refractivity contribution in [2.75, 3.05) is 24.6 Å². The number of hydrogen-bond acceptors (Lipinski definition) is 8. The van der Waals surface area contributed by atoms with Crippen molar-refractivity contribution in [2.24, 2.45) is 5.92 Å². The van der Waals surface area contributed by atoms with Gasteiger partial charge in [0.15, 0.2) is 11.6 Å². The molecule has 0 spiro atoms. The number of piperidine rings is 1. The lowest BCUT2D eigenvalue weighted by atomic mass is 9.95. The third-order valence-corrected chi connectivity index (χ3v) is 4.20. The second kappa shape index (κ2) is 7.31. The van der Waals surface area contributed by atoms with E-state index in [-0.39, 0.29) is 17.1 Å². The van der Waals surface area contributed by atoms with Crippen molar-refractivity contribution >= 4 is 17.6 Å². The lowest BCUT2D eigenvalue weighted by molar-refractivity contribution is 0.0598. The van der Waals surface area contributed by atoms with Gasteiger partial charge in [-0.05, 0) is 18.0 Å². The summed E-state index contributed by atoms with van der Waals surface area (Å²) in [6.45, 7) is 5.56. The fraction of sp³-hybridized carbons (Fsp3) is 0.600. The highest BCUT2D eigenvalue weighted by atomic mass is 35.5. The van der Waals surface area contributed by atoms with E-state index in [1.807, 2.05) is 18.7 Å². The Kier molecular flexibility index (Phi) is 5.15. The van der Waals surface area contributed by atoms with Crippen LogP contribution in [-0.4, -0.2) is 51.0 Å². The standard InChI is InChI=1S/C15H20ClN5O3/c1-9(2)13-19-15(24-20-13)21-4-3-10(12(22)7-21)8-23-11-5-17-14(16)18-6-11/h5-6,9-10,12,22H,3-4,7-8H2,1-2H3/t10-,12-/m0/s1. The van der Waals surface area contributed by atoms with Crippen molar-refractivity contribution < 1.29 is 14.4 Å². The molecule has 1 aliphatic heterocycles. The molecule has 2 aromatic heterocycles. The fourth-order valence-electron chi connectivity index (χ4n) is 2.52. The molecule has 130 valence electrons. The molecule has 3 heterocycles. The van der Waals surface area contributed by atoms with Crippen molar-refractivity contribution in [3.8, 4) is 5.75 Å². The summed E-state index contributed by atoms with van der Waals surface area (Å²) in [7, 11) is 0. The predicted molar refractivity (Wildman–Crippen MR) is 87.3 cm³/mol. The van der Waals surface area contributed by atoms with E-state index >= 15 is 0 Å². The molecule has 3 rings (SSSR count). The Hall–Kier alpha value is -1.93. The molecule has 0 bridgehead atoms. The first-order chi connectivity index (χ1) is 11.5. The average Bonchev–Trinajstić information content (AvgIpc) is 3.05. The molecule has 0 unspecified atom stereocenters. The fourth-order valence-corrected chi connectivity index (χ4v) is 2.61. The van der Waals surface area contributed by atoms with Gasteiger partial charge in [0.25, 0.3) is 0 Å². The SMILES string of the molecule is CC(C)c1noc(N2CC[C@@H](COc3cnc(Cl)nc3)[C@@H](O)C2)n1. The van der Waals surface area contributed by atoms with Gasteiger partial charge in [-0.1, -0.05) is 19.0 Å². The molecule has 1 fully saturated rings. The third kappa shape index (κ3) is 3.93. The van der Waals surface area contributed by atoms with Crippen molar-refractivity contribution in [2.45, 2.75) is 32.3 Å². The van der Waals surface area contributed by atoms with Crippen LogP contribution in [0.5, 0.6) is 5.75 Å². The summed E-state index contributed by atoms with van der Waals surface area (Å²) in [6, 6.07) is 0.461. The maximum Gasteiger partial charge on any atom is 0.324 e. The zero-order valence-corrected chi connectivity index (χ0v) is 14.3. The molecule has 9 heteroatoms. The molecule has 0 saturated carbocycles. The summed E-state index contributed by atoms with van der Waals surface area (Å²) in [6.07, 6.45) is 3.25. The van der Waals surface area contributed by atoms with Crippen LogP contribution in [0.1, 0.15) is 32.0 Å². The molecule has 8 nitrogen and oxygen atoms in total. The Bertz CT molecular complexity index is 663. The van der Waals surface area contributed by atoms with Crippen molar-refractivity contribution in [1.29, 1.82) is 0 Å². The maximum atomic E-state index is 10.4. The largest absolute Gasteiger partial charge is 0.490 e. The van der Waals surface area contributed by atoms with Gasteiger partial charge in [0.05, 0.1) is 25.1 Å². The predicted octanol–water partition coefficient (Wildman–Crippen LogP) is 1.90. The normalized spacial score (nSPS) is 21.3. The van der Waals surface area contributed by atoms with Gasteiger partial charge in [-0.2, -0.15) is 4.98 Å². The number of β-amino-alcohol motifs (C(OH)–C–C–N with tert-alkyl or cyclic N) is 1. The van der Waals surface area contributed by atoms with Crippen molar-refractivity contribution in [3.05, 3.63) is 23.5 Å². The monoisotopic (exact) mass is 353 g/mol. The van der Waals surface area contributed by atoms with E-state index in [0.717, 1.165) is 13.0 Å². The summed E-state index contributed by atoms with van der Waals surface area (Å²) >= 11 is 5.64. The Labute approximate surface area is 144 Å². The summed E-state index contributed by atoms with van der Waals surface area (Å²) in [5.41, 5.74) is 0. The number of hydrogen-bond donors (Lipinski definition) is 1. The number of rotatable bonds is 5. The van der Waals surface area contributed by atoms with Gasteiger partial charge < -0.3 is 19.3 Å². The minimum Gasteiger partial charge on any atom is -0.490 e. The van der Waals surface area contributed by atoms with Gasteiger partial charge in [0.1, 0.15) is 0 Å². The molecule has 0 amide bonds. The van der Waals surface area contributed by atoms with Crippen LogP contribution in [0.4, 0.5) is 6.01 Å². The number of nitrogens with zero attached hydrogens (tertiary/aromatic N) is 5. The second-order valence-electron chi connectivity index (χ2n) is 6.15. The molecular formula is C15H20ClN5O3. The van der Waals surface area contributed by atoms with Crippen LogP contribution in [0.15, 0.2) is 16.9 Å². The van der Waals surface area contributed by atoms with Crippen LogP contribution in [0.2, 0.25) is 5.28 Å². The first kappa shape index (κ1) is 16.9. The molecule has 0 aliphatic carbocycles. The van der Waals surface area contributed by atoms with E-state index in [4.69, 9.17) is 20.9 Å². The van der Waals surface area contributed by atoms with Gasteiger partial charge in [-0.3, -0.25) is 0 Å². The van der Waals surface area contributed by atoms with Gasteiger partial charge in [0.2, 0.25) is 5.28 Å². The van der Waals surface area contributed by atoms with E-state index in [1.165, 1.54) is 12.4 Å². The van der Waals surface area contributed by atoms with E-state index < -0.39 is 6.10 Å². The lowest BCUT2D eigenvalue weighted by Gasteiger charge is -2.34. The van der Waals surface area contributed by atoms with Gasteiger partial charge >= 0.3 is 6.01 Å². The Balaban J connectivity index is 1.53. The van der Waals surface area contributed by atoms with Crippen LogP contribution in [0.3, 0.4) is 0 Å². The highest BCUT2D eigenvalue weighted by molar-refractivity contribution is 6.28. The van der Waals surface area contributed by atoms with Gasteiger partial charge in [-0.15, -0.1) is 0 Å². The average molecular weight is 354 g/mol. The highest BCUT2D eigenvalue weighted by Gasteiger charge is 2.31. The molecule has 0 radical (unpaired) electrons. The van der Waals surface area contributed by atoms with Gasteiger partial charge in [-0.25, -0.2) is 9.97 Å². The van der Waals surface area contributed by atoms with Crippen LogP contribution in [0, 0.1) is 5.92 Å². The Morgan fingerprint density at radius 1 is 1.42 bits per heavy atom.